The van der Waals surface area contributed by atoms with Crippen molar-refractivity contribution < 1.29 is 9.59 Å². The first-order chi connectivity index (χ1) is 9.50. The van der Waals surface area contributed by atoms with Gasteiger partial charge in [0.1, 0.15) is 0 Å². The van der Waals surface area contributed by atoms with E-state index < -0.39 is 0 Å². The average molecular weight is 283 g/mol. The zero-order valence-electron chi connectivity index (χ0n) is 12.8. The highest BCUT2D eigenvalue weighted by Gasteiger charge is 2.26. The largest absolute Gasteiger partial charge is 0.356 e. The average Bonchev–Trinajstić information content (AvgIpc) is 2.61. The molecule has 1 saturated carbocycles. The maximum Gasteiger partial charge on any atom is 0.224 e. The standard InChI is InChI=1S/C15H29N3O2/c1-11(2)10-18-14(19)8-9-17-15(20)12-6-4-3-5-7-13(12)16/h11-13H,3-10,16H2,1-2H3,(H,17,20)(H,18,19). The molecule has 0 heterocycles. The molecule has 1 fully saturated rings. The predicted octanol–water partition coefficient (Wildman–Crippen LogP) is 1.17. The van der Waals surface area contributed by atoms with Gasteiger partial charge in [-0.25, -0.2) is 0 Å². The molecular weight excluding hydrogens is 254 g/mol. The maximum atomic E-state index is 12.1. The highest BCUT2D eigenvalue weighted by atomic mass is 16.2. The summed E-state index contributed by atoms with van der Waals surface area (Å²) in [5, 5.41) is 5.69. The van der Waals surface area contributed by atoms with E-state index in [1.807, 2.05) is 0 Å². The van der Waals surface area contributed by atoms with Crippen LogP contribution >= 0.6 is 0 Å². The molecule has 20 heavy (non-hydrogen) atoms. The molecule has 0 saturated heterocycles. The molecule has 5 nitrogen and oxygen atoms in total. The van der Waals surface area contributed by atoms with Gasteiger partial charge in [-0.3, -0.25) is 9.59 Å². The van der Waals surface area contributed by atoms with Crippen LogP contribution in [0.15, 0.2) is 0 Å². The smallest absolute Gasteiger partial charge is 0.224 e. The van der Waals surface area contributed by atoms with Crippen LogP contribution in [0, 0.1) is 11.8 Å². The molecule has 1 aliphatic rings. The first-order valence-corrected chi connectivity index (χ1v) is 7.80. The molecular formula is C15H29N3O2. The van der Waals surface area contributed by atoms with Gasteiger partial charge in [-0.15, -0.1) is 0 Å². The van der Waals surface area contributed by atoms with E-state index in [0.717, 1.165) is 32.1 Å². The fraction of sp³-hybridized carbons (Fsp3) is 0.867. The van der Waals surface area contributed by atoms with Crippen LogP contribution in [0.1, 0.15) is 52.4 Å². The molecule has 0 aromatic carbocycles. The summed E-state index contributed by atoms with van der Waals surface area (Å²) in [6.45, 7) is 5.18. The minimum atomic E-state index is -0.0868. The summed E-state index contributed by atoms with van der Waals surface area (Å²) in [6.07, 6.45) is 5.47. The van der Waals surface area contributed by atoms with Gasteiger partial charge in [0.05, 0.1) is 5.92 Å². The first kappa shape index (κ1) is 17.0. The van der Waals surface area contributed by atoms with Crippen molar-refractivity contribution in [2.75, 3.05) is 13.1 Å². The number of carbonyl (C=O) groups is 2. The van der Waals surface area contributed by atoms with E-state index in [1.54, 1.807) is 0 Å². The lowest BCUT2D eigenvalue weighted by atomic mass is 9.94. The predicted molar refractivity (Wildman–Crippen MR) is 80.0 cm³/mol. The third-order valence-electron chi connectivity index (χ3n) is 3.76. The van der Waals surface area contributed by atoms with E-state index in [9.17, 15) is 9.59 Å². The van der Waals surface area contributed by atoms with Crippen molar-refractivity contribution in [1.82, 2.24) is 10.6 Å². The number of amides is 2. The summed E-state index contributed by atoms with van der Waals surface area (Å²) in [6, 6.07) is -0.0349. The Kier molecular flexibility index (Phi) is 7.59. The summed E-state index contributed by atoms with van der Waals surface area (Å²) < 4.78 is 0. The van der Waals surface area contributed by atoms with Gasteiger partial charge in [-0.05, 0) is 18.8 Å². The Balaban J connectivity index is 2.23. The van der Waals surface area contributed by atoms with Gasteiger partial charge >= 0.3 is 0 Å². The van der Waals surface area contributed by atoms with Crippen molar-refractivity contribution in [2.24, 2.45) is 17.6 Å². The van der Waals surface area contributed by atoms with Crippen LogP contribution in [0.4, 0.5) is 0 Å². The van der Waals surface area contributed by atoms with Gasteiger partial charge in [-0.1, -0.05) is 33.1 Å². The number of carbonyl (C=O) groups excluding carboxylic acids is 2. The summed E-state index contributed by atoms with van der Waals surface area (Å²) in [5.41, 5.74) is 6.05. The molecule has 4 N–H and O–H groups in total. The molecule has 1 rings (SSSR count). The van der Waals surface area contributed by atoms with Crippen molar-refractivity contribution in [3.63, 3.8) is 0 Å². The van der Waals surface area contributed by atoms with Gasteiger partial charge in [0, 0.05) is 25.6 Å². The monoisotopic (exact) mass is 283 g/mol. The third-order valence-corrected chi connectivity index (χ3v) is 3.76. The van der Waals surface area contributed by atoms with Crippen LogP contribution in [-0.4, -0.2) is 30.9 Å². The van der Waals surface area contributed by atoms with Gasteiger partial charge in [-0.2, -0.15) is 0 Å². The second-order valence-electron chi connectivity index (χ2n) is 6.15. The normalized spacial score (nSPS) is 23.2. The molecule has 5 heteroatoms. The second-order valence-corrected chi connectivity index (χ2v) is 6.15. The van der Waals surface area contributed by atoms with Crippen LogP contribution < -0.4 is 16.4 Å². The Hall–Kier alpha value is -1.10. The molecule has 0 bridgehead atoms. The molecule has 0 aromatic rings. The van der Waals surface area contributed by atoms with Crippen LogP contribution in [-0.2, 0) is 9.59 Å². The van der Waals surface area contributed by atoms with Crippen LogP contribution in [0.25, 0.3) is 0 Å². The molecule has 2 amide bonds. The van der Waals surface area contributed by atoms with E-state index in [4.69, 9.17) is 5.73 Å². The number of hydrogen-bond donors (Lipinski definition) is 3. The highest BCUT2D eigenvalue weighted by Crippen LogP contribution is 2.22. The van der Waals surface area contributed by atoms with Crippen molar-refractivity contribution in [1.29, 1.82) is 0 Å². The molecule has 116 valence electrons. The summed E-state index contributed by atoms with van der Waals surface area (Å²) in [5.74, 6) is 0.356. The Morgan fingerprint density at radius 2 is 1.85 bits per heavy atom. The van der Waals surface area contributed by atoms with E-state index in [-0.39, 0.29) is 23.8 Å². The highest BCUT2D eigenvalue weighted by molar-refractivity contribution is 5.81. The second kappa shape index (κ2) is 8.95. The minimum Gasteiger partial charge on any atom is -0.356 e. The fourth-order valence-electron chi connectivity index (χ4n) is 2.50. The number of hydrogen-bond acceptors (Lipinski definition) is 3. The van der Waals surface area contributed by atoms with Crippen LogP contribution in [0.5, 0.6) is 0 Å². The fourth-order valence-corrected chi connectivity index (χ4v) is 2.50. The Bertz CT molecular complexity index is 318. The quantitative estimate of drug-likeness (QED) is 0.640. The molecule has 0 spiro atoms. The van der Waals surface area contributed by atoms with E-state index >= 15 is 0 Å². The zero-order chi connectivity index (χ0) is 15.0. The van der Waals surface area contributed by atoms with E-state index in [1.165, 1.54) is 0 Å². The molecule has 0 radical (unpaired) electrons. The molecule has 0 aliphatic heterocycles. The van der Waals surface area contributed by atoms with Gasteiger partial charge in [0.25, 0.3) is 0 Å². The van der Waals surface area contributed by atoms with Crippen molar-refractivity contribution in [3.05, 3.63) is 0 Å². The van der Waals surface area contributed by atoms with Gasteiger partial charge in [0.2, 0.25) is 11.8 Å². The molecule has 2 atom stereocenters. The minimum absolute atomic E-state index is 0.0100. The number of rotatable bonds is 6. The number of nitrogens with two attached hydrogens (primary N) is 1. The topological polar surface area (TPSA) is 84.2 Å². The SMILES string of the molecule is CC(C)CNC(=O)CCNC(=O)C1CCCCCC1N. The molecule has 1 aliphatic carbocycles. The third kappa shape index (κ3) is 6.37. The summed E-state index contributed by atoms with van der Waals surface area (Å²) in [7, 11) is 0. The lowest BCUT2D eigenvalue weighted by molar-refractivity contribution is -0.126. The Labute approximate surface area is 122 Å². The first-order valence-electron chi connectivity index (χ1n) is 7.80. The Morgan fingerprint density at radius 3 is 2.55 bits per heavy atom. The van der Waals surface area contributed by atoms with Crippen molar-refractivity contribution >= 4 is 11.8 Å². The maximum absolute atomic E-state index is 12.1. The van der Waals surface area contributed by atoms with Crippen molar-refractivity contribution in [3.8, 4) is 0 Å². The van der Waals surface area contributed by atoms with Crippen LogP contribution in [0.3, 0.4) is 0 Å². The van der Waals surface area contributed by atoms with Gasteiger partial charge in [0.15, 0.2) is 0 Å². The summed E-state index contributed by atoms with van der Waals surface area (Å²) in [4.78, 5) is 23.6. The van der Waals surface area contributed by atoms with E-state index in [2.05, 4.69) is 24.5 Å². The number of nitrogens with one attached hydrogen (secondary N) is 2. The van der Waals surface area contributed by atoms with E-state index in [0.29, 0.717) is 25.4 Å². The zero-order valence-corrected chi connectivity index (χ0v) is 12.8. The lowest BCUT2D eigenvalue weighted by Gasteiger charge is -2.20. The van der Waals surface area contributed by atoms with Gasteiger partial charge < -0.3 is 16.4 Å². The molecule has 2 unspecified atom stereocenters. The van der Waals surface area contributed by atoms with Crippen LogP contribution in [0.2, 0.25) is 0 Å². The molecule has 0 aromatic heterocycles. The van der Waals surface area contributed by atoms with Crippen molar-refractivity contribution in [2.45, 2.75) is 58.4 Å². The summed E-state index contributed by atoms with van der Waals surface area (Å²) >= 11 is 0. The Morgan fingerprint density at radius 1 is 1.15 bits per heavy atom. The lowest BCUT2D eigenvalue weighted by Crippen LogP contribution is -2.42.